The van der Waals surface area contributed by atoms with Gasteiger partial charge in [0.1, 0.15) is 5.82 Å². The Morgan fingerprint density at radius 3 is 2.89 bits per heavy atom. The van der Waals surface area contributed by atoms with E-state index in [9.17, 15) is 5.11 Å². The number of hydrogen-bond acceptors (Lipinski definition) is 4. The summed E-state index contributed by atoms with van der Waals surface area (Å²) in [6.07, 6.45) is 2.91. The number of pyridine rings is 1. The van der Waals surface area contributed by atoms with Crippen molar-refractivity contribution in [3.8, 4) is 0 Å². The van der Waals surface area contributed by atoms with Crippen LogP contribution in [0.1, 0.15) is 37.8 Å². The van der Waals surface area contributed by atoms with Crippen LogP contribution >= 0.6 is 0 Å². The molecule has 2 heterocycles. The summed E-state index contributed by atoms with van der Waals surface area (Å²) in [5.41, 5.74) is 6.81. The number of nitrogens with two attached hydrogens (primary N) is 1. The van der Waals surface area contributed by atoms with Gasteiger partial charge in [-0.25, -0.2) is 4.98 Å². The molecule has 4 heteroatoms. The van der Waals surface area contributed by atoms with E-state index in [1.165, 1.54) is 0 Å². The minimum absolute atomic E-state index is 0.0720. The van der Waals surface area contributed by atoms with Crippen LogP contribution < -0.4 is 5.73 Å². The third-order valence-electron chi connectivity index (χ3n) is 3.78. The Hall–Kier alpha value is -1.13. The standard InChI is InChI=1S/C14H22N2O2/c1-9(2)11-8-14(17,5-7-18-11)12-10(3)4-6-16-13(12)15/h4,6,9,11,17H,5,7-8H2,1-3H3,(H2,15,16). The fourth-order valence-electron chi connectivity index (χ4n) is 2.71. The molecule has 100 valence electrons. The van der Waals surface area contributed by atoms with Gasteiger partial charge in [0.05, 0.1) is 18.3 Å². The Labute approximate surface area is 108 Å². The number of nitrogen functional groups attached to an aromatic ring is 1. The van der Waals surface area contributed by atoms with E-state index in [0.717, 1.165) is 11.1 Å². The predicted molar refractivity (Wildman–Crippen MR) is 71.1 cm³/mol. The SMILES string of the molecule is Cc1ccnc(N)c1C1(O)CCOC(C(C)C)C1. The first kappa shape index (κ1) is 13.3. The van der Waals surface area contributed by atoms with Gasteiger partial charge in [-0.15, -0.1) is 0 Å². The van der Waals surface area contributed by atoms with E-state index in [1.54, 1.807) is 6.20 Å². The molecule has 0 aliphatic carbocycles. The second-order valence-corrected chi connectivity index (χ2v) is 5.53. The molecule has 1 fully saturated rings. The maximum atomic E-state index is 10.9. The van der Waals surface area contributed by atoms with Crippen molar-refractivity contribution in [3.05, 3.63) is 23.4 Å². The summed E-state index contributed by atoms with van der Waals surface area (Å²) in [5.74, 6) is 0.817. The molecule has 0 saturated carbocycles. The summed E-state index contributed by atoms with van der Waals surface area (Å²) in [4.78, 5) is 4.11. The average Bonchev–Trinajstić information content (AvgIpc) is 2.28. The van der Waals surface area contributed by atoms with Crippen LogP contribution in [-0.2, 0) is 10.3 Å². The van der Waals surface area contributed by atoms with Crippen molar-refractivity contribution < 1.29 is 9.84 Å². The Morgan fingerprint density at radius 2 is 2.28 bits per heavy atom. The van der Waals surface area contributed by atoms with Crippen molar-refractivity contribution >= 4 is 5.82 Å². The molecule has 0 amide bonds. The number of aromatic nitrogens is 1. The molecule has 1 aromatic rings. The molecule has 18 heavy (non-hydrogen) atoms. The highest BCUT2D eigenvalue weighted by Crippen LogP contribution is 2.40. The van der Waals surface area contributed by atoms with Gasteiger partial charge >= 0.3 is 0 Å². The maximum absolute atomic E-state index is 10.9. The van der Waals surface area contributed by atoms with E-state index in [2.05, 4.69) is 18.8 Å². The first-order chi connectivity index (χ1) is 8.44. The molecule has 1 aliphatic heterocycles. The Morgan fingerprint density at radius 1 is 1.56 bits per heavy atom. The van der Waals surface area contributed by atoms with Gasteiger partial charge in [-0.1, -0.05) is 13.8 Å². The van der Waals surface area contributed by atoms with Gasteiger partial charge in [0.25, 0.3) is 0 Å². The summed E-state index contributed by atoms with van der Waals surface area (Å²) < 4.78 is 5.71. The van der Waals surface area contributed by atoms with E-state index in [0.29, 0.717) is 31.2 Å². The first-order valence-electron chi connectivity index (χ1n) is 6.49. The van der Waals surface area contributed by atoms with Crippen molar-refractivity contribution in [2.24, 2.45) is 5.92 Å². The quantitative estimate of drug-likeness (QED) is 0.842. The highest BCUT2D eigenvalue weighted by molar-refractivity contribution is 5.48. The lowest BCUT2D eigenvalue weighted by Gasteiger charge is -2.39. The molecular formula is C14H22N2O2. The van der Waals surface area contributed by atoms with E-state index in [4.69, 9.17) is 10.5 Å². The largest absolute Gasteiger partial charge is 0.385 e. The van der Waals surface area contributed by atoms with Crippen molar-refractivity contribution in [2.75, 3.05) is 12.3 Å². The number of aliphatic hydroxyl groups is 1. The zero-order valence-electron chi connectivity index (χ0n) is 11.3. The predicted octanol–water partition coefficient (Wildman–Crippen LogP) is 1.99. The molecule has 3 N–H and O–H groups in total. The molecular weight excluding hydrogens is 228 g/mol. The molecule has 1 saturated heterocycles. The topological polar surface area (TPSA) is 68.4 Å². The number of ether oxygens (including phenoxy) is 1. The van der Waals surface area contributed by atoms with Crippen molar-refractivity contribution in [1.82, 2.24) is 4.98 Å². The zero-order chi connectivity index (χ0) is 13.3. The lowest BCUT2D eigenvalue weighted by Crippen LogP contribution is -2.41. The summed E-state index contributed by atoms with van der Waals surface area (Å²) in [7, 11) is 0. The van der Waals surface area contributed by atoms with E-state index in [-0.39, 0.29) is 6.10 Å². The smallest absolute Gasteiger partial charge is 0.129 e. The second-order valence-electron chi connectivity index (χ2n) is 5.53. The van der Waals surface area contributed by atoms with Gasteiger partial charge in [0.15, 0.2) is 0 Å². The summed E-state index contributed by atoms with van der Waals surface area (Å²) in [5, 5.41) is 10.9. The summed E-state index contributed by atoms with van der Waals surface area (Å²) in [6, 6.07) is 1.89. The monoisotopic (exact) mass is 250 g/mol. The third-order valence-corrected chi connectivity index (χ3v) is 3.78. The Balaban J connectivity index is 2.36. The van der Waals surface area contributed by atoms with E-state index < -0.39 is 5.60 Å². The number of anilines is 1. The van der Waals surface area contributed by atoms with Gasteiger partial charge in [0, 0.05) is 24.6 Å². The Kier molecular flexibility index (Phi) is 3.59. The van der Waals surface area contributed by atoms with Gasteiger partial charge in [0.2, 0.25) is 0 Å². The molecule has 0 spiro atoms. The van der Waals surface area contributed by atoms with E-state index >= 15 is 0 Å². The van der Waals surface area contributed by atoms with Crippen LogP contribution in [0.5, 0.6) is 0 Å². The van der Waals surface area contributed by atoms with Crippen molar-refractivity contribution in [1.29, 1.82) is 0 Å². The fourth-order valence-corrected chi connectivity index (χ4v) is 2.71. The van der Waals surface area contributed by atoms with Crippen LogP contribution in [0.15, 0.2) is 12.3 Å². The summed E-state index contributed by atoms with van der Waals surface area (Å²) >= 11 is 0. The minimum Gasteiger partial charge on any atom is -0.385 e. The second kappa shape index (κ2) is 4.86. The van der Waals surface area contributed by atoms with Crippen LogP contribution in [0.4, 0.5) is 5.82 Å². The maximum Gasteiger partial charge on any atom is 0.129 e. The van der Waals surface area contributed by atoms with Crippen LogP contribution in [-0.4, -0.2) is 22.8 Å². The lowest BCUT2D eigenvalue weighted by atomic mass is 9.79. The summed E-state index contributed by atoms with van der Waals surface area (Å²) in [6.45, 7) is 6.74. The molecule has 2 atom stereocenters. The normalized spacial score (nSPS) is 28.6. The third kappa shape index (κ3) is 2.35. The number of nitrogens with zero attached hydrogens (tertiary/aromatic N) is 1. The molecule has 4 nitrogen and oxygen atoms in total. The van der Waals surface area contributed by atoms with Gasteiger partial charge < -0.3 is 15.6 Å². The Bertz CT molecular complexity index is 414. The number of aryl methyl sites for hydroxylation is 1. The fraction of sp³-hybridized carbons (Fsp3) is 0.643. The van der Waals surface area contributed by atoms with Crippen LogP contribution in [0.2, 0.25) is 0 Å². The average molecular weight is 250 g/mol. The highest BCUT2D eigenvalue weighted by Gasteiger charge is 2.40. The van der Waals surface area contributed by atoms with Gasteiger partial charge in [-0.05, 0) is 24.5 Å². The molecule has 2 rings (SSSR count). The molecule has 1 aliphatic rings. The molecule has 1 aromatic heterocycles. The van der Waals surface area contributed by atoms with Crippen LogP contribution in [0, 0.1) is 12.8 Å². The number of hydrogen-bond donors (Lipinski definition) is 2. The highest BCUT2D eigenvalue weighted by atomic mass is 16.5. The first-order valence-corrected chi connectivity index (χ1v) is 6.49. The number of rotatable bonds is 2. The van der Waals surface area contributed by atoms with Crippen molar-refractivity contribution in [3.63, 3.8) is 0 Å². The van der Waals surface area contributed by atoms with E-state index in [1.807, 2.05) is 13.0 Å². The van der Waals surface area contributed by atoms with Gasteiger partial charge in [-0.3, -0.25) is 0 Å². The molecule has 0 radical (unpaired) electrons. The molecule has 0 aromatic carbocycles. The minimum atomic E-state index is -0.907. The zero-order valence-corrected chi connectivity index (χ0v) is 11.3. The van der Waals surface area contributed by atoms with Crippen LogP contribution in [0.25, 0.3) is 0 Å². The lowest BCUT2D eigenvalue weighted by molar-refractivity contribution is -0.121. The van der Waals surface area contributed by atoms with Crippen LogP contribution in [0.3, 0.4) is 0 Å². The molecule has 2 unspecified atom stereocenters. The molecule has 0 bridgehead atoms. The van der Waals surface area contributed by atoms with Gasteiger partial charge in [-0.2, -0.15) is 0 Å². The van der Waals surface area contributed by atoms with Crippen molar-refractivity contribution in [2.45, 2.75) is 45.3 Å².